The highest BCUT2D eigenvalue weighted by Gasteiger charge is 2.12. The van der Waals surface area contributed by atoms with Gasteiger partial charge in [0.2, 0.25) is 0 Å². The van der Waals surface area contributed by atoms with E-state index < -0.39 is 0 Å². The van der Waals surface area contributed by atoms with E-state index in [1.165, 1.54) is 34.0 Å². The van der Waals surface area contributed by atoms with Crippen molar-refractivity contribution in [3.05, 3.63) is 6.42 Å². The van der Waals surface area contributed by atoms with Gasteiger partial charge in [0.15, 0.2) is 0 Å². The molecule has 11 heavy (non-hydrogen) atoms. The Morgan fingerprint density at radius 2 is 1.27 bits per heavy atom. The Hall–Kier alpha value is 0.170. The smallest absolute Gasteiger partial charge is 0.0367 e. The van der Waals surface area contributed by atoms with Crippen LogP contribution in [0.15, 0.2) is 0 Å². The minimum absolute atomic E-state index is 0.412. The Labute approximate surface area is 75.3 Å². The van der Waals surface area contributed by atoms with Crippen LogP contribution in [-0.4, -0.2) is 26.5 Å². The second-order valence-electron chi connectivity index (χ2n) is 1.33. The average Bonchev–Trinajstić information content (AvgIpc) is 2.12. The van der Waals surface area contributed by atoms with Crippen LogP contribution in [0.25, 0.3) is 0 Å². The first kappa shape index (κ1) is 17.3. The zero-order valence-electron chi connectivity index (χ0n) is 7.68. The van der Waals surface area contributed by atoms with Crippen molar-refractivity contribution in [3.8, 4) is 0 Å². The van der Waals surface area contributed by atoms with Crippen LogP contribution in [0.1, 0.15) is 12.8 Å². The summed E-state index contributed by atoms with van der Waals surface area (Å²) in [6.07, 6.45) is 4.54. The highest BCUT2D eigenvalue weighted by atomic mass is 35.5. The Balaban J connectivity index is -0.0000000933. The summed E-state index contributed by atoms with van der Waals surface area (Å²) in [7, 11) is 4.50. The van der Waals surface area contributed by atoms with Gasteiger partial charge in [0, 0.05) is 5.38 Å². The maximum Gasteiger partial charge on any atom is 0.0367 e. The van der Waals surface area contributed by atoms with E-state index in [-0.39, 0.29) is 0 Å². The summed E-state index contributed by atoms with van der Waals surface area (Å²) in [6, 6.07) is 0. The number of rotatable bonds is 0. The Morgan fingerprint density at radius 3 is 1.27 bits per heavy atom. The van der Waals surface area contributed by atoms with Gasteiger partial charge in [-0.2, -0.15) is 0 Å². The van der Waals surface area contributed by atoms with Gasteiger partial charge < -0.3 is 17.2 Å². The molecule has 1 atom stereocenters. The summed E-state index contributed by atoms with van der Waals surface area (Å²) in [5.74, 6) is 0. The molecule has 1 aliphatic rings. The van der Waals surface area contributed by atoms with Gasteiger partial charge in [-0.25, -0.2) is 0 Å². The molecule has 1 unspecified atom stereocenters. The van der Waals surface area contributed by atoms with E-state index in [0.717, 1.165) is 0 Å². The zero-order chi connectivity index (χ0) is 9.70. The van der Waals surface area contributed by atoms with Gasteiger partial charge in [0.05, 0.1) is 0 Å². The van der Waals surface area contributed by atoms with E-state index in [0.29, 0.717) is 5.38 Å². The van der Waals surface area contributed by atoms with Crippen molar-refractivity contribution in [2.75, 3.05) is 21.1 Å². The monoisotopic (exact) mass is 182 g/mol. The lowest BCUT2D eigenvalue weighted by atomic mass is 10.0. The summed E-state index contributed by atoms with van der Waals surface area (Å²) in [5.41, 5.74) is 13.5. The van der Waals surface area contributed by atoms with Gasteiger partial charge in [0.1, 0.15) is 0 Å². The van der Waals surface area contributed by atoms with E-state index in [4.69, 9.17) is 11.6 Å². The molecular formula is C7H21ClN3. The van der Waals surface area contributed by atoms with E-state index in [9.17, 15) is 0 Å². The Bertz CT molecular complexity index is 40.7. The topological polar surface area (TPSA) is 78.1 Å². The third-order valence-corrected chi connectivity index (χ3v) is 1.26. The molecule has 1 rings (SSSR count). The fraction of sp³-hybridized carbons (Fsp3) is 0.857. The van der Waals surface area contributed by atoms with Crippen LogP contribution >= 0.6 is 11.6 Å². The minimum Gasteiger partial charge on any atom is -0.333 e. The van der Waals surface area contributed by atoms with Crippen molar-refractivity contribution in [1.82, 2.24) is 0 Å². The molecule has 6 N–H and O–H groups in total. The maximum absolute atomic E-state index is 5.49. The standard InChI is InChI=1S/C4H6Cl.3CH5N/c5-4-2-1-3-4;3*1-2/h2,4H,1,3H2;3*2H2,1H3. The lowest BCUT2D eigenvalue weighted by Crippen LogP contribution is -2.09. The third-order valence-electron chi connectivity index (χ3n) is 0.865. The minimum atomic E-state index is 0.412. The maximum atomic E-state index is 5.49. The van der Waals surface area contributed by atoms with Gasteiger partial charge in [0.25, 0.3) is 0 Å². The molecule has 1 aliphatic carbocycles. The molecule has 0 spiro atoms. The highest BCUT2D eigenvalue weighted by Crippen LogP contribution is 2.22. The SMILES string of the molecule is CN.CN.CN.ClC1[CH]CC1. The number of halogens is 1. The number of hydrogen-bond acceptors (Lipinski definition) is 3. The second kappa shape index (κ2) is 22.5. The third kappa shape index (κ3) is 17.8. The normalized spacial score (nSPS) is 13.4. The van der Waals surface area contributed by atoms with Gasteiger partial charge in [-0.15, -0.1) is 11.6 Å². The van der Waals surface area contributed by atoms with Crippen LogP contribution in [0.3, 0.4) is 0 Å². The highest BCUT2D eigenvalue weighted by molar-refractivity contribution is 6.22. The van der Waals surface area contributed by atoms with E-state index in [1.54, 1.807) is 0 Å². The summed E-state index contributed by atoms with van der Waals surface area (Å²) in [6.45, 7) is 0. The summed E-state index contributed by atoms with van der Waals surface area (Å²) >= 11 is 5.49. The van der Waals surface area contributed by atoms with Crippen LogP contribution in [0.2, 0.25) is 0 Å². The molecule has 0 aromatic heterocycles. The van der Waals surface area contributed by atoms with E-state index in [2.05, 4.69) is 23.6 Å². The van der Waals surface area contributed by atoms with Gasteiger partial charge in [-0.3, -0.25) is 0 Å². The lowest BCUT2D eigenvalue weighted by Gasteiger charge is -2.15. The van der Waals surface area contributed by atoms with E-state index in [1.807, 2.05) is 0 Å². The summed E-state index contributed by atoms with van der Waals surface area (Å²) in [5, 5.41) is 0.412. The molecule has 0 aromatic carbocycles. The summed E-state index contributed by atoms with van der Waals surface area (Å²) < 4.78 is 0. The molecule has 0 amide bonds. The second-order valence-corrected chi connectivity index (χ2v) is 1.89. The lowest BCUT2D eigenvalue weighted by molar-refractivity contribution is 0.662. The van der Waals surface area contributed by atoms with Gasteiger partial charge in [-0.05, 0) is 40.4 Å². The quantitative estimate of drug-likeness (QED) is 0.472. The molecule has 1 fully saturated rings. The number of nitrogens with two attached hydrogens (primary N) is 3. The summed E-state index contributed by atoms with van der Waals surface area (Å²) in [4.78, 5) is 0. The van der Waals surface area contributed by atoms with Crippen LogP contribution in [0.4, 0.5) is 0 Å². The zero-order valence-corrected chi connectivity index (χ0v) is 8.43. The van der Waals surface area contributed by atoms with Crippen molar-refractivity contribution in [2.24, 2.45) is 17.2 Å². The van der Waals surface area contributed by atoms with Crippen molar-refractivity contribution in [1.29, 1.82) is 0 Å². The first-order valence-electron chi connectivity index (χ1n) is 3.60. The predicted octanol–water partition coefficient (Wildman–Crippen LogP) is 0.317. The number of alkyl halides is 1. The Morgan fingerprint density at radius 1 is 1.09 bits per heavy atom. The molecule has 3 nitrogen and oxygen atoms in total. The first-order chi connectivity index (χ1) is 5.39. The van der Waals surface area contributed by atoms with Gasteiger partial charge >= 0.3 is 0 Å². The molecule has 0 heterocycles. The Kier molecular flexibility index (Phi) is 35.3. The van der Waals surface area contributed by atoms with Gasteiger partial charge in [-0.1, -0.05) is 0 Å². The molecule has 71 valence electrons. The van der Waals surface area contributed by atoms with Crippen LogP contribution in [0, 0.1) is 6.42 Å². The van der Waals surface area contributed by atoms with Crippen LogP contribution in [0.5, 0.6) is 0 Å². The molecule has 0 saturated heterocycles. The fourth-order valence-electron chi connectivity index (χ4n) is 0.293. The average molecular weight is 183 g/mol. The van der Waals surface area contributed by atoms with Crippen molar-refractivity contribution in [2.45, 2.75) is 18.2 Å². The number of hydrogen-bond donors (Lipinski definition) is 3. The van der Waals surface area contributed by atoms with Crippen molar-refractivity contribution >= 4 is 11.6 Å². The molecule has 0 aliphatic heterocycles. The molecule has 1 radical (unpaired) electrons. The first-order valence-corrected chi connectivity index (χ1v) is 4.04. The molecule has 1 saturated carbocycles. The van der Waals surface area contributed by atoms with Crippen molar-refractivity contribution in [3.63, 3.8) is 0 Å². The molecule has 4 heteroatoms. The molecule has 0 bridgehead atoms. The molecular weight excluding hydrogens is 162 g/mol. The predicted molar refractivity (Wildman–Crippen MR) is 53.5 cm³/mol. The van der Waals surface area contributed by atoms with Crippen molar-refractivity contribution < 1.29 is 0 Å². The van der Waals surface area contributed by atoms with Crippen LogP contribution in [-0.2, 0) is 0 Å². The van der Waals surface area contributed by atoms with Crippen LogP contribution < -0.4 is 17.2 Å². The molecule has 0 aromatic rings. The largest absolute Gasteiger partial charge is 0.333 e. The fourth-order valence-corrected chi connectivity index (χ4v) is 0.545. The van der Waals surface area contributed by atoms with E-state index >= 15 is 0 Å².